The number of hydrogen-bond acceptors (Lipinski definition) is 4. The molecule has 0 aliphatic heterocycles. The van der Waals surface area contributed by atoms with Gasteiger partial charge in [0.05, 0.1) is 5.56 Å². The van der Waals surface area contributed by atoms with E-state index in [2.05, 4.69) is 35.7 Å². The van der Waals surface area contributed by atoms with Crippen molar-refractivity contribution in [1.29, 1.82) is 0 Å². The molecule has 0 aliphatic carbocycles. The molecule has 4 heteroatoms. The molecular weight excluding hydrogens is 242 g/mol. The lowest BCUT2D eigenvalue weighted by Gasteiger charge is -2.15. The number of hydrogen-bond donors (Lipinski definition) is 2. The van der Waals surface area contributed by atoms with E-state index in [-0.39, 0.29) is 0 Å². The Bertz CT molecular complexity index is 489. The Morgan fingerprint density at radius 3 is 2.50 bits per heavy atom. The first-order valence-electron chi connectivity index (χ1n) is 6.33. The molecule has 0 atom stereocenters. The largest absolute Gasteiger partial charge is 0.382 e. The molecule has 0 aliphatic rings. The Hall–Kier alpha value is -1.55. The van der Waals surface area contributed by atoms with E-state index in [1.165, 1.54) is 11.5 Å². The maximum Gasteiger partial charge on any atom is 0.147 e. The average molecular weight is 261 g/mol. The molecule has 0 amide bonds. The van der Waals surface area contributed by atoms with E-state index in [0.717, 1.165) is 29.0 Å². The van der Waals surface area contributed by atoms with E-state index in [1.807, 2.05) is 18.2 Å². The number of nitrogens with one attached hydrogen (secondary N) is 1. The minimum Gasteiger partial charge on any atom is -0.382 e. The molecule has 0 spiro atoms. The molecule has 3 nitrogen and oxygen atoms in total. The number of nitrogens with two attached hydrogens (primary N) is 1. The summed E-state index contributed by atoms with van der Waals surface area (Å²) in [6.45, 7) is 4.38. The smallest absolute Gasteiger partial charge is 0.147 e. The van der Waals surface area contributed by atoms with Gasteiger partial charge in [0.2, 0.25) is 0 Å². The van der Waals surface area contributed by atoms with Crippen LogP contribution in [0.25, 0.3) is 11.1 Å². The van der Waals surface area contributed by atoms with Gasteiger partial charge in [-0.2, -0.15) is 4.37 Å². The quantitative estimate of drug-likeness (QED) is 0.855. The van der Waals surface area contributed by atoms with Gasteiger partial charge < -0.3 is 11.1 Å². The maximum absolute atomic E-state index is 5.99. The van der Waals surface area contributed by atoms with Crippen molar-refractivity contribution in [3.63, 3.8) is 0 Å². The summed E-state index contributed by atoms with van der Waals surface area (Å²) in [6, 6.07) is 10.7. The predicted molar refractivity (Wildman–Crippen MR) is 80.0 cm³/mol. The fourth-order valence-electron chi connectivity index (χ4n) is 1.96. The first-order chi connectivity index (χ1) is 8.76. The number of nitrogen functional groups attached to an aromatic ring is 1. The molecule has 1 aromatic heterocycles. The molecule has 0 saturated heterocycles. The van der Waals surface area contributed by atoms with Crippen molar-refractivity contribution in [2.75, 3.05) is 11.1 Å². The molecular formula is C14H19N3S. The minimum atomic E-state index is 0.479. The number of rotatable bonds is 5. The van der Waals surface area contributed by atoms with Crippen LogP contribution in [0.4, 0.5) is 10.8 Å². The highest BCUT2D eigenvalue weighted by atomic mass is 32.1. The lowest BCUT2D eigenvalue weighted by atomic mass is 10.1. The maximum atomic E-state index is 5.99. The topological polar surface area (TPSA) is 50.9 Å². The second-order valence-electron chi connectivity index (χ2n) is 4.30. The molecule has 1 heterocycles. The number of nitrogens with zero attached hydrogens (tertiary/aromatic N) is 1. The fraction of sp³-hybridized carbons (Fsp3) is 0.357. The molecule has 0 saturated carbocycles. The molecule has 0 bridgehead atoms. The van der Waals surface area contributed by atoms with Crippen LogP contribution in [-0.2, 0) is 0 Å². The molecule has 18 heavy (non-hydrogen) atoms. The van der Waals surface area contributed by atoms with Gasteiger partial charge in [0.25, 0.3) is 0 Å². The van der Waals surface area contributed by atoms with Crippen LogP contribution in [0.1, 0.15) is 26.7 Å². The molecule has 0 fully saturated rings. The van der Waals surface area contributed by atoms with Gasteiger partial charge in [-0.3, -0.25) is 0 Å². The zero-order valence-corrected chi connectivity index (χ0v) is 11.6. The van der Waals surface area contributed by atoms with Gasteiger partial charge in [-0.05, 0) is 29.9 Å². The van der Waals surface area contributed by atoms with Crippen molar-refractivity contribution >= 4 is 22.4 Å². The lowest BCUT2D eigenvalue weighted by Crippen LogP contribution is -2.16. The SMILES string of the molecule is CCC(CC)Nc1snc(N)c1-c1ccccc1. The van der Waals surface area contributed by atoms with Crippen LogP contribution in [0.3, 0.4) is 0 Å². The Morgan fingerprint density at radius 2 is 1.89 bits per heavy atom. The van der Waals surface area contributed by atoms with Crippen LogP contribution in [0.2, 0.25) is 0 Å². The van der Waals surface area contributed by atoms with E-state index in [9.17, 15) is 0 Å². The average Bonchev–Trinajstić information content (AvgIpc) is 2.78. The van der Waals surface area contributed by atoms with E-state index < -0.39 is 0 Å². The standard InChI is InChI=1S/C14H19N3S/c1-3-11(4-2)16-14-12(13(15)17-18-14)10-8-6-5-7-9-10/h5-9,11,16H,3-4H2,1-2H3,(H2,15,17). The number of aromatic nitrogens is 1. The number of anilines is 2. The van der Waals surface area contributed by atoms with Crippen LogP contribution in [0, 0.1) is 0 Å². The molecule has 0 unspecified atom stereocenters. The van der Waals surface area contributed by atoms with Crippen molar-refractivity contribution in [3.8, 4) is 11.1 Å². The Morgan fingerprint density at radius 1 is 1.22 bits per heavy atom. The lowest BCUT2D eigenvalue weighted by molar-refractivity contribution is 0.674. The van der Waals surface area contributed by atoms with Gasteiger partial charge >= 0.3 is 0 Å². The summed E-state index contributed by atoms with van der Waals surface area (Å²) >= 11 is 1.44. The third-order valence-corrected chi connectivity index (χ3v) is 3.89. The summed E-state index contributed by atoms with van der Waals surface area (Å²) in [7, 11) is 0. The normalized spacial score (nSPS) is 10.8. The van der Waals surface area contributed by atoms with E-state index in [1.54, 1.807) is 0 Å². The first-order valence-corrected chi connectivity index (χ1v) is 7.10. The minimum absolute atomic E-state index is 0.479. The van der Waals surface area contributed by atoms with Gasteiger partial charge in [0.1, 0.15) is 10.8 Å². The monoisotopic (exact) mass is 261 g/mol. The highest BCUT2D eigenvalue weighted by Gasteiger charge is 2.15. The van der Waals surface area contributed by atoms with Crippen molar-refractivity contribution in [3.05, 3.63) is 30.3 Å². The zero-order chi connectivity index (χ0) is 13.0. The summed E-state index contributed by atoms with van der Waals surface area (Å²) in [5.41, 5.74) is 8.15. The highest BCUT2D eigenvalue weighted by molar-refractivity contribution is 7.11. The summed E-state index contributed by atoms with van der Waals surface area (Å²) in [5, 5.41) is 4.62. The molecule has 2 rings (SSSR count). The van der Waals surface area contributed by atoms with Crippen LogP contribution in [-0.4, -0.2) is 10.4 Å². The van der Waals surface area contributed by atoms with Crippen LogP contribution >= 0.6 is 11.5 Å². The molecule has 0 radical (unpaired) electrons. The summed E-state index contributed by atoms with van der Waals surface area (Å²) in [4.78, 5) is 0. The van der Waals surface area contributed by atoms with Crippen LogP contribution in [0.5, 0.6) is 0 Å². The molecule has 96 valence electrons. The Balaban J connectivity index is 2.33. The van der Waals surface area contributed by atoms with Gasteiger partial charge in [0.15, 0.2) is 0 Å². The van der Waals surface area contributed by atoms with Crippen molar-refractivity contribution in [2.24, 2.45) is 0 Å². The molecule has 2 aromatic rings. The summed E-state index contributed by atoms with van der Waals surface area (Å²) in [5.74, 6) is 0.611. The first kappa shape index (κ1) is 12.9. The van der Waals surface area contributed by atoms with Crippen molar-refractivity contribution < 1.29 is 0 Å². The van der Waals surface area contributed by atoms with Crippen LogP contribution < -0.4 is 11.1 Å². The fourth-order valence-corrected chi connectivity index (χ4v) is 2.78. The van der Waals surface area contributed by atoms with E-state index in [0.29, 0.717) is 11.9 Å². The van der Waals surface area contributed by atoms with Crippen molar-refractivity contribution in [2.45, 2.75) is 32.7 Å². The van der Waals surface area contributed by atoms with Gasteiger partial charge in [-0.25, -0.2) is 0 Å². The molecule has 3 N–H and O–H groups in total. The molecule has 1 aromatic carbocycles. The highest BCUT2D eigenvalue weighted by Crippen LogP contribution is 2.37. The van der Waals surface area contributed by atoms with E-state index >= 15 is 0 Å². The Labute approximate surface area is 112 Å². The van der Waals surface area contributed by atoms with E-state index in [4.69, 9.17) is 5.73 Å². The Kier molecular flexibility index (Phi) is 4.20. The summed E-state index contributed by atoms with van der Waals surface area (Å²) in [6.07, 6.45) is 2.20. The van der Waals surface area contributed by atoms with Crippen LogP contribution in [0.15, 0.2) is 30.3 Å². The van der Waals surface area contributed by atoms with Gasteiger partial charge in [-0.15, -0.1) is 0 Å². The second-order valence-corrected chi connectivity index (χ2v) is 5.07. The zero-order valence-electron chi connectivity index (χ0n) is 10.8. The third-order valence-electron chi connectivity index (χ3n) is 3.10. The predicted octanol–water partition coefficient (Wildman–Crippen LogP) is 3.99. The van der Waals surface area contributed by atoms with Gasteiger partial charge in [0, 0.05) is 6.04 Å². The second kappa shape index (κ2) is 5.87. The van der Waals surface area contributed by atoms with Gasteiger partial charge in [-0.1, -0.05) is 44.2 Å². The third kappa shape index (κ3) is 2.64. The number of benzene rings is 1. The summed E-state index contributed by atoms with van der Waals surface area (Å²) < 4.78 is 4.27. The van der Waals surface area contributed by atoms with Crippen molar-refractivity contribution in [1.82, 2.24) is 4.37 Å².